The van der Waals surface area contributed by atoms with Crippen molar-refractivity contribution in [1.82, 2.24) is 0 Å². The Balaban J connectivity index is 1.43. The van der Waals surface area contributed by atoms with Crippen molar-refractivity contribution in [3.8, 4) is 0 Å². The van der Waals surface area contributed by atoms with Gasteiger partial charge in [-0.15, -0.1) is 0 Å². The highest BCUT2D eigenvalue weighted by molar-refractivity contribution is 6.11. The Morgan fingerprint density at radius 2 is 1.73 bits per heavy atom. The average molecular weight is 517 g/mol. The number of allylic oxidation sites excluding steroid dienone is 1. The number of carboxylic acid groups (broad SMARTS) is 1. The molecule has 5 aliphatic carbocycles. The van der Waals surface area contributed by atoms with E-state index in [9.17, 15) is 24.3 Å². The van der Waals surface area contributed by atoms with Gasteiger partial charge in [-0.25, -0.2) is 9.59 Å². The Bertz CT molecular complexity index is 1030. The van der Waals surface area contributed by atoms with Crippen molar-refractivity contribution in [3.05, 3.63) is 11.6 Å². The van der Waals surface area contributed by atoms with E-state index in [2.05, 4.69) is 0 Å². The van der Waals surface area contributed by atoms with Crippen molar-refractivity contribution in [2.24, 2.45) is 34.5 Å². The largest absolute Gasteiger partial charge is 0.509 e. The summed E-state index contributed by atoms with van der Waals surface area (Å²) in [5.74, 6) is -1.51. The Kier molecular flexibility index (Phi) is 6.57. The zero-order chi connectivity index (χ0) is 26.8. The molecule has 204 valence electrons. The van der Waals surface area contributed by atoms with Crippen molar-refractivity contribution in [3.63, 3.8) is 0 Å². The topological polar surface area (TPSA) is 116 Å². The molecule has 4 saturated carbocycles. The van der Waals surface area contributed by atoms with Crippen LogP contribution in [0.4, 0.5) is 4.79 Å². The summed E-state index contributed by atoms with van der Waals surface area (Å²) in [7, 11) is 1.60. The third-order valence-corrected chi connectivity index (χ3v) is 11.1. The molecular formula is C29H40O8. The van der Waals surface area contributed by atoms with Crippen LogP contribution in [-0.4, -0.2) is 53.7 Å². The molecule has 0 bridgehead atoms. The van der Waals surface area contributed by atoms with Gasteiger partial charge in [0.15, 0.2) is 11.6 Å². The van der Waals surface area contributed by atoms with E-state index in [1.54, 1.807) is 13.2 Å². The number of ether oxygens (including phenoxy) is 3. The SMILES string of the molecule is CO[C@@H]1CCCC[C@H]1OC(=O)OC1(C(=O)O)C(C)C[C@H]2[C@@H]3CCC4=CC(=O)CC(=O)[C@]4(C)[C@H]3CC[C@@]21C. The Morgan fingerprint density at radius 3 is 2.41 bits per heavy atom. The van der Waals surface area contributed by atoms with Gasteiger partial charge in [0.25, 0.3) is 0 Å². The molecule has 0 aliphatic heterocycles. The fraction of sp³-hybridized carbons (Fsp3) is 0.793. The van der Waals surface area contributed by atoms with Gasteiger partial charge < -0.3 is 19.3 Å². The number of rotatable bonds is 4. The minimum atomic E-state index is -1.71. The van der Waals surface area contributed by atoms with E-state index in [-0.39, 0.29) is 41.8 Å². The predicted octanol–water partition coefficient (Wildman–Crippen LogP) is 4.88. The van der Waals surface area contributed by atoms with Crippen molar-refractivity contribution < 1.29 is 38.5 Å². The van der Waals surface area contributed by atoms with Crippen LogP contribution in [0.15, 0.2) is 11.6 Å². The maximum atomic E-state index is 13.2. The number of fused-ring (bicyclic) bond motifs is 5. The highest BCUT2D eigenvalue weighted by atomic mass is 16.7. The Morgan fingerprint density at radius 1 is 1.03 bits per heavy atom. The molecule has 8 nitrogen and oxygen atoms in total. The van der Waals surface area contributed by atoms with Gasteiger partial charge in [-0.1, -0.05) is 25.8 Å². The lowest BCUT2D eigenvalue weighted by Gasteiger charge is -2.58. The quantitative estimate of drug-likeness (QED) is 0.415. The van der Waals surface area contributed by atoms with Crippen LogP contribution in [0, 0.1) is 34.5 Å². The summed E-state index contributed by atoms with van der Waals surface area (Å²) in [5.41, 5.74) is -2.24. The van der Waals surface area contributed by atoms with Gasteiger partial charge in [-0.3, -0.25) is 9.59 Å². The van der Waals surface area contributed by atoms with E-state index >= 15 is 0 Å². The minimum Gasteiger partial charge on any atom is -0.478 e. The first-order chi connectivity index (χ1) is 17.5. The zero-order valence-corrected chi connectivity index (χ0v) is 22.4. The average Bonchev–Trinajstić information content (AvgIpc) is 3.07. The van der Waals surface area contributed by atoms with Gasteiger partial charge >= 0.3 is 12.1 Å². The van der Waals surface area contributed by atoms with Gasteiger partial charge in [0, 0.05) is 18.4 Å². The van der Waals surface area contributed by atoms with E-state index in [0.717, 1.165) is 31.3 Å². The normalized spacial score (nSPS) is 45.2. The van der Waals surface area contributed by atoms with Crippen LogP contribution in [0.3, 0.4) is 0 Å². The molecule has 0 saturated heterocycles. The number of Topliss-reactive ketones (excluding diaryl/α,β-unsaturated/α-hetero) is 1. The van der Waals surface area contributed by atoms with E-state index in [1.807, 2.05) is 20.8 Å². The smallest absolute Gasteiger partial charge is 0.478 e. The van der Waals surface area contributed by atoms with Crippen LogP contribution in [0.25, 0.3) is 0 Å². The zero-order valence-electron chi connectivity index (χ0n) is 22.4. The predicted molar refractivity (Wildman–Crippen MR) is 133 cm³/mol. The Hall–Kier alpha value is -2.22. The maximum absolute atomic E-state index is 13.2. The molecule has 0 radical (unpaired) electrons. The summed E-state index contributed by atoms with van der Waals surface area (Å²) < 4.78 is 17.1. The lowest BCUT2D eigenvalue weighted by molar-refractivity contribution is -0.195. The monoisotopic (exact) mass is 516 g/mol. The summed E-state index contributed by atoms with van der Waals surface area (Å²) >= 11 is 0. The van der Waals surface area contributed by atoms with Crippen molar-refractivity contribution >= 4 is 23.7 Å². The van der Waals surface area contributed by atoms with Gasteiger partial charge in [-0.05, 0) is 82.1 Å². The summed E-state index contributed by atoms with van der Waals surface area (Å²) in [4.78, 5) is 51.5. The molecule has 9 atom stereocenters. The molecule has 0 amide bonds. The fourth-order valence-electron chi connectivity index (χ4n) is 9.21. The van der Waals surface area contributed by atoms with Gasteiger partial charge in [-0.2, -0.15) is 0 Å². The molecule has 1 N–H and O–H groups in total. The molecule has 0 aromatic rings. The molecule has 8 heteroatoms. The molecule has 5 aliphatic rings. The van der Waals surface area contributed by atoms with Crippen LogP contribution in [0.1, 0.15) is 85.0 Å². The standard InChI is InChI=1S/C29H40O8/c1-16-13-21-19-10-9-17-14-18(30)15-24(31)28(17,3)20(19)11-12-27(21,2)29(16,25(32)33)37-26(34)36-23-8-6-5-7-22(23)35-4/h14,16,19-23H,5-13,15H2,1-4H3,(H,32,33)/t16?,19-,20+,21+,22-,23-,27+,28+,29?/m1/s1. The second-order valence-electron chi connectivity index (χ2n) is 12.6. The molecule has 0 aromatic heterocycles. The number of carbonyl (C=O) groups excluding carboxylic acids is 3. The second kappa shape index (κ2) is 9.21. The number of carbonyl (C=O) groups is 4. The summed E-state index contributed by atoms with van der Waals surface area (Å²) in [5, 5.41) is 10.6. The highest BCUT2D eigenvalue weighted by Gasteiger charge is 2.73. The van der Waals surface area contributed by atoms with Crippen molar-refractivity contribution in [1.29, 1.82) is 0 Å². The third-order valence-electron chi connectivity index (χ3n) is 11.1. The first-order valence-electron chi connectivity index (χ1n) is 13.9. The molecule has 0 spiro atoms. The van der Waals surface area contributed by atoms with Gasteiger partial charge in [0.2, 0.25) is 5.60 Å². The van der Waals surface area contributed by atoms with Crippen LogP contribution < -0.4 is 0 Å². The van der Waals surface area contributed by atoms with E-state index < -0.39 is 40.6 Å². The molecule has 2 unspecified atom stereocenters. The molecule has 4 fully saturated rings. The van der Waals surface area contributed by atoms with Gasteiger partial charge in [0.05, 0.1) is 17.9 Å². The number of hydrogen-bond acceptors (Lipinski definition) is 7. The van der Waals surface area contributed by atoms with Gasteiger partial charge in [0.1, 0.15) is 6.10 Å². The van der Waals surface area contributed by atoms with E-state index in [0.29, 0.717) is 32.1 Å². The van der Waals surface area contributed by atoms with Crippen molar-refractivity contribution in [2.75, 3.05) is 7.11 Å². The molecule has 0 heterocycles. The second-order valence-corrected chi connectivity index (χ2v) is 12.6. The van der Waals surface area contributed by atoms with Crippen molar-refractivity contribution in [2.45, 2.75) is 103 Å². The fourth-order valence-corrected chi connectivity index (χ4v) is 9.21. The number of methoxy groups -OCH3 is 1. The van der Waals surface area contributed by atoms with Crippen LogP contribution in [-0.2, 0) is 28.6 Å². The number of ketones is 2. The van der Waals surface area contributed by atoms with Crippen LogP contribution >= 0.6 is 0 Å². The summed E-state index contributed by atoms with van der Waals surface area (Å²) in [6.07, 6.45) is 6.64. The highest BCUT2D eigenvalue weighted by Crippen LogP contribution is 2.69. The molecule has 5 rings (SSSR count). The first-order valence-corrected chi connectivity index (χ1v) is 13.9. The molecular weight excluding hydrogens is 476 g/mol. The molecule has 0 aromatic carbocycles. The van der Waals surface area contributed by atoms with Crippen LogP contribution in [0.5, 0.6) is 0 Å². The lowest BCUT2D eigenvalue weighted by Crippen LogP contribution is -2.61. The van der Waals surface area contributed by atoms with Crippen LogP contribution in [0.2, 0.25) is 0 Å². The van der Waals surface area contributed by atoms with E-state index in [1.165, 1.54) is 0 Å². The maximum Gasteiger partial charge on any atom is 0.509 e. The Labute approximate surface area is 218 Å². The van der Waals surface area contributed by atoms with E-state index in [4.69, 9.17) is 14.2 Å². The molecule has 37 heavy (non-hydrogen) atoms. The summed E-state index contributed by atoms with van der Waals surface area (Å²) in [6.45, 7) is 5.80. The lowest BCUT2D eigenvalue weighted by atomic mass is 9.46. The minimum absolute atomic E-state index is 0.0103. The third kappa shape index (κ3) is 3.72. The summed E-state index contributed by atoms with van der Waals surface area (Å²) in [6, 6.07) is 0. The first kappa shape index (κ1) is 26.4. The number of hydrogen-bond donors (Lipinski definition) is 1. The number of aliphatic carboxylic acids is 1. The number of carboxylic acids is 1.